The van der Waals surface area contributed by atoms with Crippen LogP contribution in [0.3, 0.4) is 0 Å². The molecule has 1 aliphatic rings. The molecule has 2 N–H and O–H groups in total. The molecule has 2 aromatic rings. The topological polar surface area (TPSA) is 97.9 Å². The van der Waals surface area contributed by atoms with Crippen molar-refractivity contribution in [2.75, 3.05) is 5.32 Å². The Bertz CT molecular complexity index is 632. The van der Waals surface area contributed by atoms with E-state index in [2.05, 4.69) is 30.6 Å². The standard InChI is InChI=1S/C13H18N6O2/c1-9-7-10(18-21-9)15-13(20)14-8-12-17-16-11-5-3-2-4-6-19(11)12/h7H,2-6,8H2,1H3,(H2,14,15,18,20). The second-order valence-corrected chi connectivity index (χ2v) is 5.13. The number of aryl methyl sites for hydroxylation is 2. The molecule has 21 heavy (non-hydrogen) atoms. The van der Waals surface area contributed by atoms with Gasteiger partial charge in [0.1, 0.15) is 11.6 Å². The van der Waals surface area contributed by atoms with Crippen LogP contribution in [0.15, 0.2) is 10.6 Å². The summed E-state index contributed by atoms with van der Waals surface area (Å²) in [6.07, 6.45) is 4.44. The summed E-state index contributed by atoms with van der Waals surface area (Å²) in [6.45, 7) is 3.03. The Balaban J connectivity index is 1.57. The van der Waals surface area contributed by atoms with Crippen molar-refractivity contribution < 1.29 is 9.32 Å². The van der Waals surface area contributed by atoms with Crippen molar-refractivity contribution in [2.24, 2.45) is 0 Å². The molecule has 2 aromatic heterocycles. The summed E-state index contributed by atoms with van der Waals surface area (Å²) >= 11 is 0. The predicted octanol–water partition coefficient (Wildman–Crippen LogP) is 1.62. The highest BCUT2D eigenvalue weighted by atomic mass is 16.5. The van der Waals surface area contributed by atoms with Crippen LogP contribution in [0.1, 0.15) is 36.7 Å². The second kappa shape index (κ2) is 5.94. The smallest absolute Gasteiger partial charge is 0.320 e. The van der Waals surface area contributed by atoms with Gasteiger partial charge in [-0.05, 0) is 19.8 Å². The molecule has 0 radical (unpaired) electrons. The van der Waals surface area contributed by atoms with Crippen LogP contribution >= 0.6 is 0 Å². The van der Waals surface area contributed by atoms with Gasteiger partial charge in [0.05, 0.1) is 6.54 Å². The third-order valence-corrected chi connectivity index (χ3v) is 3.46. The van der Waals surface area contributed by atoms with Crippen LogP contribution in [0.25, 0.3) is 0 Å². The van der Waals surface area contributed by atoms with Gasteiger partial charge in [-0.25, -0.2) is 4.79 Å². The van der Waals surface area contributed by atoms with Crippen molar-refractivity contribution >= 4 is 11.8 Å². The fourth-order valence-corrected chi connectivity index (χ4v) is 2.42. The fraction of sp³-hybridized carbons (Fsp3) is 0.538. The molecule has 0 fully saturated rings. The monoisotopic (exact) mass is 290 g/mol. The summed E-state index contributed by atoms with van der Waals surface area (Å²) in [5.41, 5.74) is 0. The zero-order valence-electron chi connectivity index (χ0n) is 11.9. The fourth-order valence-electron chi connectivity index (χ4n) is 2.42. The number of urea groups is 1. The van der Waals surface area contributed by atoms with Crippen LogP contribution < -0.4 is 10.6 Å². The van der Waals surface area contributed by atoms with Gasteiger partial charge in [-0.2, -0.15) is 0 Å². The molecule has 0 saturated carbocycles. The Kier molecular flexibility index (Phi) is 3.85. The van der Waals surface area contributed by atoms with Crippen LogP contribution in [0.2, 0.25) is 0 Å². The summed E-state index contributed by atoms with van der Waals surface area (Å²) in [5, 5.41) is 17.4. The van der Waals surface area contributed by atoms with E-state index in [-0.39, 0.29) is 6.03 Å². The van der Waals surface area contributed by atoms with E-state index in [4.69, 9.17) is 4.52 Å². The molecular weight excluding hydrogens is 272 g/mol. The number of hydrogen-bond acceptors (Lipinski definition) is 5. The van der Waals surface area contributed by atoms with E-state index in [1.54, 1.807) is 13.0 Å². The molecule has 0 saturated heterocycles. The van der Waals surface area contributed by atoms with E-state index in [1.807, 2.05) is 0 Å². The largest absolute Gasteiger partial charge is 0.360 e. The number of aromatic nitrogens is 4. The number of rotatable bonds is 3. The Morgan fingerprint density at radius 1 is 1.38 bits per heavy atom. The first-order chi connectivity index (χ1) is 10.2. The average molecular weight is 290 g/mol. The first kappa shape index (κ1) is 13.6. The van der Waals surface area contributed by atoms with Crippen LogP contribution in [-0.4, -0.2) is 26.0 Å². The van der Waals surface area contributed by atoms with Gasteiger partial charge in [0.25, 0.3) is 0 Å². The van der Waals surface area contributed by atoms with Crippen molar-refractivity contribution in [3.8, 4) is 0 Å². The molecular formula is C13H18N6O2. The van der Waals surface area contributed by atoms with Crippen molar-refractivity contribution in [1.82, 2.24) is 25.2 Å². The van der Waals surface area contributed by atoms with Gasteiger partial charge in [0.2, 0.25) is 0 Å². The van der Waals surface area contributed by atoms with Crippen molar-refractivity contribution in [2.45, 2.75) is 45.7 Å². The first-order valence-corrected chi connectivity index (χ1v) is 7.11. The Morgan fingerprint density at radius 2 is 2.29 bits per heavy atom. The molecule has 0 atom stereocenters. The van der Waals surface area contributed by atoms with E-state index in [0.29, 0.717) is 18.1 Å². The normalized spacial score (nSPS) is 14.3. The Labute approximate surface area is 121 Å². The van der Waals surface area contributed by atoms with Crippen molar-refractivity contribution in [1.29, 1.82) is 0 Å². The third-order valence-electron chi connectivity index (χ3n) is 3.46. The van der Waals surface area contributed by atoms with E-state index >= 15 is 0 Å². The number of anilines is 1. The Hall–Kier alpha value is -2.38. The minimum absolute atomic E-state index is 0.339. The molecule has 0 aromatic carbocycles. The summed E-state index contributed by atoms with van der Waals surface area (Å²) < 4.78 is 6.99. The van der Waals surface area contributed by atoms with Crippen LogP contribution in [0, 0.1) is 6.92 Å². The molecule has 0 bridgehead atoms. The number of fused-ring (bicyclic) bond motifs is 1. The van der Waals surface area contributed by atoms with Gasteiger partial charge < -0.3 is 14.4 Å². The van der Waals surface area contributed by atoms with E-state index in [0.717, 1.165) is 37.5 Å². The van der Waals surface area contributed by atoms with Gasteiger partial charge in [-0.1, -0.05) is 11.6 Å². The first-order valence-electron chi connectivity index (χ1n) is 7.11. The Morgan fingerprint density at radius 3 is 3.10 bits per heavy atom. The maximum atomic E-state index is 11.8. The van der Waals surface area contributed by atoms with Crippen LogP contribution in [-0.2, 0) is 19.5 Å². The molecule has 3 heterocycles. The molecule has 112 valence electrons. The molecule has 2 amide bonds. The minimum atomic E-state index is -0.339. The quantitative estimate of drug-likeness (QED) is 0.895. The van der Waals surface area contributed by atoms with Gasteiger partial charge >= 0.3 is 6.03 Å². The van der Waals surface area contributed by atoms with Gasteiger partial charge in [0, 0.05) is 19.0 Å². The average Bonchev–Trinajstić information content (AvgIpc) is 2.96. The molecule has 0 spiro atoms. The number of carbonyl (C=O) groups is 1. The number of hydrogen-bond donors (Lipinski definition) is 2. The summed E-state index contributed by atoms with van der Waals surface area (Å²) in [5.74, 6) is 2.84. The minimum Gasteiger partial charge on any atom is -0.360 e. The lowest BCUT2D eigenvalue weighted by molar-refractivity contribution is 0.251. The number of carbonyl (C=O) groups excluding carboxylic acids is 1. The van der Waals surface area contributed by atoms with Gasteiger partial charge in [0.15, 0.2) is 11.6 Å². The van der Waals surface area contributed by atoms with Crippen molar-refractivity contribution in [3.63, 3.8) is 0 Å². The molecule has 0 aliphatic carbocycles. The van der Waals surface area contributed by atoms with Gasteiger partial charge in [-0.3, -0.25) is 5.32 Å². The van der Waals surface area contributed by atoms with Crippen molar-refractivity contribution in [3.05, 3.63) is 23.5 Å². The number of nitrogens with one attached hydrogen (secondary N) is 2. The molecule has 8 heteroatoms. The number of nitrogens with zero attached hydrogens (tertiary/aromatic N) is 4. The lowest BCUT2D eigenvalue weighted by atomic mass is 10.2. The third kappa shape index (κ3) is 3.21. The SMILES string of the molecule is Cc1cc(NC(=O)NCc2nnc3n2CCCCC3)no1. The summed E-state index contributed by atoms with van der Waals surface area (Å²) in [4.78, 5) is 11.8. The van der Waals surface area contributed by atoms with E-state index < -0.39 is 0 Å². The molecule has 8 nitrogen and oxygen atoms in total. The highest BCUT2D eigenvalue weighted by molar-refractivity contribution is 5.87. The number of amides is 2. The predicted molar refractivity (Wildman–Crippen MR) is 74.7 cm³/mol. The molecule has 0 unspecified atom stereocenters. The zero-order valence-corrected chi connectivity index (χ0v) is 11.9. The summed E-state index contributed by atoms with van der Waals surface area (Å²) in [7, 11) is 0. The van der Waals surface area contributed by atoms with E-state index in [1.165, 1.54) is 6.42 Å². The summed E-state index contributed by atoms with van der Waals surface area (Å²) in [6, 6.07) is 1.32. The van der Waals surface area contributed by atoms with Crippen LogP contribution in [0.4, 0.5) is 10.6 Å². The molecule has 3 rings (SSSR count). The van der Waals surface area contributed by atoms with Crippen LogP contribution in [0.5, 0.6) is 0 Å². The highest BCUT2D eigenvalue weighted by Crippen LogP contribution is 2.14. The maximum Gasteiger partial charge on any atom is 0.320 e. The second-order valence-electron chi connectivity index (χ2n) is 5.13. The molecule has 1 aliphatic heterocycles. The lowest BCUT2D eigenvalue weighted by Gasteiger charge is -2.08. The maximum absolute atomic E-state index is 11.8. The van der Waals surface area contributed by atoms with Gasteiger partial charge in [-0.15, -0.1) is 10.2 Å². The lowest BCUT2D eigenvalue weighted by Crippen LogP contribution is -2.29. The zero-order chi connectivity index (χ0) is 14.7. The highest BCUT2D eigenvalue weighted by Gasteiger charge is 2.15. The van der Waals surface area contributed by atoms with E-state index in [9.17, 15) is 4.79 Å².